The van der Waals surface area contributed by atoms with Crippen LogP contribution in [0.3, 0.4) is 0 Å². The molecular weight excluding hydrogens is 233 g/mol. The third-order valence-electron chi connectivity index (χ3n) is 0.872. The van der Waals surface area contributed by atoms with Gasteiger partial charge in [-0.1, -0.05) is 0 Å². The van der Waals surface area contributed by atoms with Gasteiger partial charge in [0.25, 0.3) is 0 Å². The maximum Gasteiger partial charge on any atom is 0.0474 e. The van der Waals surface area contributed by atoms with Crippen LogP contribution in [0.4, 0.5) is 0 Å². The van der Waals surface area contributed by atoms with Crippen molar-refractivity contribution in [2.24, 2.45) is 0 Å². The molecule has 0 aliphatic heterocycles. The number of halogens is 1. The summed E-state index contributed by atoms with van der Waals surface area (Å²) in [5.41, 5.74) is 1.54. The Kier molecular flexibility index (Phi) is 3.72. The molecule has 0 aromatic carbocycles. The van der Waals surface area contributed by atoms with E-state index in [1.807, 2.05) is 6.92 Å². The van der Waals surface area contributed by atoms with Gasteiger partial charge in [0.1, 0.15) is 0 Å². The van der Waals surface area contributed by atoms with Gasteiger partial charge in [-0.3, -0.25) is 0 Å². The lowest BCUT2D eigenvalue weighted by Gasteiger charge is -1.94. The first-order chi connectivity index (χ1) is 3.55. The molecule has 0 aromatic heterocycles. The predicted molar refractivity (Wildman–Crippen MR) is 49.1 cm³/mol. The molecule has 0 saturated heterocycles. The van der Waals surface area contributed by atoms with Crippen LogP contribution in [0.25, 0.3) is 0 Å². The van der Waals surface area contributed by atoms with Crippen LogP contribution in [-0.2, 0) is 0 Å². The Bertz CT molecular complexity index is 135. The van der Waals surface area contributed by atoms with Crippen LogP contribution in [0.15, 0.2) is 8.48 Å². The summed E-state index contributed by atoms with van der Waals surface area (Å²) in [4.78, 5) is 0. The molecule has 0 aliphatic carbocycles. The fraction of sp³-hybridized carbons (Fsp3) is 0.400. The van der Waals surface area contributed by atoms with Crippen LogP contribution in [-0.4, -0.2) is 5.71 Å². The van der Waals surface area contributed by atoms with Crippen LogP contribution in [0.2, 0.25) is 0 Å². The highest BCUT2D eigenvalue weighted by atomic mass is 127. The Morgan fingerprint density at radius 2 is 1.88 bits per heavy atom. The van der Waals surface area contributed by atoms with E-state index in [2.05, 4.69) is 35.2 Å². The molecule has 1 N–H and O–H groups in total. The first-order valence-electron chi connectivity index (χ1n) is 2.16. The number of thiol groups is 1. The summed E-state index contributed by atoms with van der Waals surface area (Å²) in [7, 11) is 0. The molecule has 0 heterocycles. The van der Waals surface area contributed by atoms with Gasteiger partial charge in [0.05, 0.1) is 0 Å². The van der Waals surface area contributed by atoms with Crippen molar-refractivity contribution in [1.82, 2.24) is 0 Å². The van der Waals surface area contributed by atoms with E-state index >= 15 is 0 Å². The molecule has 0 aliphatic rings. The van der Waals surface area contributed by atoms with E-state index in [0.717, 1.165) is 8.48 Å². The molecule has 0 saturated carbocycles. The number of allylic oxidation sites excluding steroid dienone is 1. The number of hydrogen-bond donors (Lipinski definition) is 2. The van der Waals surface area contributed by atoms with E-state index in [9.17, 15) is 0 Å². The van der Waals surface area contributed by atoms with Crippen molar-refractivity contribution in [3.63, 3.8) is 0 Å². The molecule has 0 atom stereocenters. The van der Waals surface area contributed by atoms with E-state index in [1.165, 1.54) is 0 Å². The molecule has 3 heteroatoms. The maximum atomic E-state index is 7.12. The van der Waals surface area contributed by atoms with E-state index < -0.39 is 0 Å². The van der Waals surface area contributed by atoms with Crippen LogP contribution >= 0.6 is 35.2 Å². The fourth-order valence-corrected chi connectivity index (χ4v) is 0.727. The third-order valence-corrected chi connectivity index (χ3v) is 2.02. The Balaban J connectivity index is 4.23. The summed E-state index contributed by atoms with van der Waals surface area (Å²) in [5, 5.41) is 7.12. The Morgan fingerprint density at radius 3 is 1.88 bits per heavy atom. The van der Waals surface area contributed by atoms with Crippen molar-refractivity contribution >= 4 is 40.9 Å². The molecule has 0 bridgehead atoms. The zero-order chi connectivity index (χ0) is 6.73. The molecule has 0 aromatic rings. The molecule has 0 amide bonds. The van der Waals surface area contributed by atoms with Gasteiger partial charge in [-0.15, -0.1) is 12.6 Å². The highest BCUT2D eigenvalue weighted by Crippen LogP contribution is 2.16. The molecule has 8 heavy (non-hydrogen) atoms. The Morgan fingerprint density at radius 1 is 1.50 bits per heavy atom. The minimum atomic E-state index is 0.587. The molecular formula is C5H8INS. The van der Waals surface area contributed by atoms with Crippen molar-refractivity contribution in [3.8, 4) is 0 Å². The molecule has 0 rings (SSSR count). The van der Waals surface area contributed by atoms with Gasteiger partial charge in [-0.2, -0.15) is 0 Å². The lowest BCUT2D eigenvalue weighted by atomic mass is 10.2. The van der Waals surface area contributed by atoms with Crippen molar-refractivity contribution < 1.29 is 0 Å². The largest absolute Gasteiger partial charge is 0.305 e. The van der Waals surface area contributed by atoms with Crippen LogP contribution in [0, 0.1) is 5.41 Å². The average molecular weight is 241 g/mol. The summed E-state index contributed by atoms with van der Waals surface area (Å²) in [6.45, 7) is 3.64. The van der Waals surface area contributed by atoms with Gasteiger partial charge in [0, 0.05) is 8.62 Å². The van der Waals surface area contributed by atoms with Crippen molar-refractivity contribution in [1.29, 1.82) is 5.41 Å². The number of nitrogens with one attached hydrogen (secondary N) is 1. The van der Waals surface area contributed by atoms with Gasteiger partial charge < -0.3 is 5.41 Å². The monoisotopic (exact) mass is 241 g/mol. The normalized spacial score (nSPS) is 13.0. The summed E-state index contributed by atoms with van der Waals surface area (Å²) >= 11 is 6.14. The van der Waals surface area contributed by atoms with Gasteiger partial charge in [-0.25, -0.2) is 0 Å². The van der Waals surface area contributed by atoms with Gasteiger partial charge in [-0.05, 0) is 42.0 Å². The topological polar surface area (TPSA) is 23.9 Å². The quantitative estimate of drug-likeness (QED) is 0.400. The molecule has 0 unspecified atom stereocenters. The molecule has 0 fully saturated rings. The van der Waals surface area contributed by atoms with E-state index in [0.29, 0.717) is 5.71 Å². The van der Waals surface area contributed by atoms with Crippen molar-refractivity contribution in [3.05, 3.63) is 8.48 Å². The summed E-state index contributed by atoms with van der Waals surface area (Å²) < 4.78 is 0.898. The summed E-state index contributed by atoms with van der Waals surface area (Å²) in [6, 6.07) is 0. The predicted octanol–water partition coefficient (Wildman–Crippen LogP) is 2.62. The van der Waals surface area contributed by atoms with Crippen molar-refractivity contribution in [2.45, 2.75) is 13.8 Å². The van der Waals surface area contributed by atoms with E-state index in [1.54, 1.807) is 6.92 Å². The summed E-state index contributed by atoms with van der Waals surface area (Å²) in [5.74, 6) is 0. The van der Waals surface area contributed by atoms with E-state index in [4.69, 9.17) is 5.41 Å². The lowest BCUT2D eigenvalue weighted by molar-refractivity contribution is 1.43. The van der Waals surface area contributed by atoms with Crippen LogP contribution in [0.5, 0.6) is 0 Å². The average Bonchev–Trinajstić information content (AvgIpc) is 1.64. The minimum Gasteiger partial charge on any atom is -0.305 e. The standard InChI is InChI=1S/C5H8INS/c1-3(4(2)7)5(6)8/h7-8H,1-2H3/b5-3-,7-4?. The third kappa shape index (κ3) is 2.71. The second-order valence-corrected chi connectivity index (χ2v) is 3.92. The van der Waals surface area contributed by atoms with Gasteiger partial charge in [0.15, 0.2) is 0 Å². The summed E-state index contributed by atoms with van der Waals surface area (Å²) in [6.07, 6.45) is 0. The molecule has 1 nitrogen and oxygen atoms in total. The Hall–Kier alpha value is 0.490. The SMILES string of the molecule is CC(=N)/C(C)=C(\S)I. The molecule has 0 spiro atoms. The zero-order valence-electron chi connectivity index (χ0n) is 4.83. The molecule has 46 valence electrons. The second kappa shape index (κ2) is 3.50. The number of rotatable bonds is 1. The fourth-order valence-electron chi connectivity index (χ4n) is 0.155. The van der Waals surface area contributed by atoms with Crippen molar-refractivity contribution in [2.75, 3.05) is 0 Å². The Labute approximate surface area is 68.6 Å². The lowest BCUT2D eigenvalue weighted by Crippen LogP contribution is -1.89. The second-order valence-electron chi connectivity index (χ2n) is 1.54. The maximum absolute atomic E-state index is 7.12. The van der Waals surface area contributed by atoms with Crippen LogP contribution < -0.4 is 0 Å². The highest BCUT2D eigenvalue weighted by Gasteiger charge is 1.93. The first kappa shape index (κ1) is 8.49. The zero-order valence-corrected chi connectivity index (χ0v) is 7.88. The van der Waals surface area contributed by atoms with Gasteiger partial charge in [0.2, 0.25) is 0 Å². The highest BCUT2D eigenvalue weighted by molar-refractivity contribution is 14.1. The van der Waals surface area contributed by atoms with Gasteiger partial charge >= 0.3 is 0 Å². The molecule has 0 radical (unpaired) electrons. The van der Waals surface area contributed by atoms with Crippen LogP contribution in [0.1, 0.15) is 13.8 Å². The first-order valence-corrected chi connectivity index (χ1v) is 3.69. The minimum absolute atomic E-state index is 0.587. The smallest absolute Gasteiger partial charge is 0.0474 e. The number of hydrogen-bond acceptors (Lipinski definition) is 2. The van der Waals surface area contributed by atoms with E-state index in [-0.39, 0.29) is 0 Å².